The van der Waals surface area contributed by atoms with Gasteiger partial charge in [0.2, 0.25) is 5.79 Å². The molecule has 0 unspecified atom stereocenters. The fourth-order valence-electron chi connectivity index (χ4n) is 2.63. The van der Waals surface area contributed by atoms with Gasteiger partial charge in [-0.15, -0.1) is 0 Å². The molecule has 2 aliphatic rings. The van der Waals surface area contributed by atoms with Gasteiger partial charge in [-0.3, -0.25) is 0 Å². The van der Waals surface area contributed by atoms with Crippen molar-refractivity contribution in [1.82, 2.24) is 0 Å². The van der Waals surface area contributed by atoms with Crippen LogP contribution >= 0.6 is 0 Å². The van der Waals surface area contributed by atoms with Crippen LogP contribution in [0.2, 0.25) is 0 Å². The van der Waals surface area contributed by atoms with Gasteiger partial charge in [0.05, 0.1) is 13.2 Å². The molecule has 0 aliphatic carbocycles. The van der Waals surface area contributed by atoms with Crippen LogP contribution in [-0.4, -0.2) is 153 Å². The van der Waals surface area contributed by atoms with Gasteiger partial charge in [-0.05, 0) is 0 Å². The Morgan fingerprint density at radius 2 is 1.38 bits per heavy atom. The van der Waals surface area contributed by atoms with Crippen LogP contribution in [0, 0.1) is 0 Å². The van der Waals surface area contributed by atoms with Crippen molar-refractivity contribution in [3.05, 3.63) is 0 Å². The summed E-state index contributed by atoms with van der Waals surface area (Å²) in [5, 5.41) is 76.7. The first-order valence-electron chi connectivity index (χ1n) is 7.05. The fourth-order valence-corrected chi connectivity index (χ4v) is 2.63. The predicted octanol–water partition coefficient (Wildman–Crippen LogP) is -5.78. The van der Waals surface area contributed by atoms with E-state index in [0.29, 0.717) is 0 Å². The molecule has 2 saturated heterocycles. The van der Waals surface area contributed by atoms with Crippen molar-refractivity contribution in [1.29, 1.82) is 0 Å². The molecule has 9 atom stereocenters. The quantitative estimate of drug-likeness (QED) is 0.211. The van der Waals surface area contributed by atoms with Crippen molar-refractivity contribution in [2.24, 2.45) is 0 Å². The molecule has 2 heterocycles. The molecule has 2 radical (unpaired) electrons. The Morgan fingerprint density at radius 3 is 1.83 bits per heavy atom. The molecule has 0 bridgehead atoms. The first kappa shape index (κ1) is 22.9. The van der Waals surface area contributed by atoms with Crippen molar-refractivity contribution in [3.8, 4) is 0 Å². The normalized spacial score (nSPS) is 49.0. The molecule has 2 aliphatic heterocycles. The second-order valence-corrected chi connectivity index (χ2v) is 5.56. The molecule has 138 valence electrons. The average molecular weight is 382 g/mol. The van der Waals surface area contributed by atoms with Gasteiger partial charge >= 0.3 is 0 Å². The smallest absolute Gasteiger partial charge is 0.224 e. The Morgan fingerprint density at radius 1 is 0.792 bits per heavy atom. The van der Waals surface area contributed by atoms with E-state index in [0.717, 1.165) is 0 Å². The molecule has 11 nitrogen and oxygen atoms in total. The van der Waals surface area contributed by atoms with E-state index < -0.39 is 74.6 Å². The van der Waals surface area contributed by atoms with Gasteiger partial charge in [-0.1, -0.05) is 0 Å². The zero-order valence-corrected chi connectivity index (χ0v) is 15.0. The SMILES string of the molecule is OC[C@H]1O[C@@](CO)(O[C@H]2O[C@H](CO)[C@@H](O)[C@H](O)[C@H]2O)[C@@H](O)[C@@H]1O.[Ca]. The molecule has 0 aromatic heterocycles. The maximum absolute atomic E-state index is 10.00. The molecule has 0 spiro atoms. The van der Waals surface area contributed by atoms with Crippen molar-refractivity contribution >= 4 is 37.7 Å². The van der Waals surface area contributed by atoms with Crippen LogP contribution in [0.3, 0.4) is 0 Å². The zero-order valence-electron chi connectivity index (χ0n) is 12.7. The number of hydrogen-bond donors (Lipinski definition) is 8. The van der Waals surface area contributed by atoms with Crippen LogP contribution in [-0.2, 0) is 14.2 Å². The standard InChI is InChI=1S/C12H22O11.Ca/c13-1-4-6(16)8(18)9(19)11(21-4)23-12(3-15)10(20)7(17)5(2-14)22-12;/h4-11,13-20H,1-3H2;/t4-,5-,6-,7-,8+,9-,10+,11-,12+;/m1./s1. The second-order valence-electron chi connectivity index (χ2n) is 5.56. The van der Waals surface area contributed by atoms with Gasteiger partial charge in [-0.2, -0.15) is 0 Å². The predicted molar refractivity (Wildman–Crippen MR) is 74.4 cm³/mol. The van der Waals surface area contributed by atoms with E-state index in [1.54, 1.807) is 0 Å². The number of ether oxygens (including phenoxy) is 3. The summed E-state index contributed by atoms with van der Waals surface area (Å²) in [4.78, 5) is 0. The molecule has 0 aromatic rings. The van der Waals surface area contributed by atoms with Crippen LogP contribution in [0.1, 0.15) is 0 Å². The number of rotatable bonds is 5. The monoisotopic (exact) mass is 382 g/mol. The van der Waals surface area contributed by atoms with Crippen molar-refractivity contribution in [2.75, 3.05) is 19.8 Å². The Bertz CT molecular complexity index is 399. The minimum atomic E-state index is -2.22. The molecular weight excluding hydrogens is 360 g/mol. The van der Waals surface area contributed by atoms with Gasteiger partial charge in [0.15, 0.2) is 6.29 Å². The summed E-state index contributed by atoms with van der Waals surface area (Å²) in [6.45, 7) is -2.32. The van der Waals surface area contributed by atoms with E-state index >= 15 is 0 Å². The van der Waals surface area contributed by atoms with Crippen LogP contribution in [0.25, 0.3) is 0 Å². The maximum atomic E-state index is 10.00. The van der Waals surface area contributed by atoms with E-state index in [-0.39, 0.29) is 37.7 Å². The number of aliphatic hydroxyl groups is 8. The molecule has 24 heavy (non-hydrogen) atoms. The Kier molecular flexibility index (Phi) is 8.71. The molecule has 12 heteroatoms. The largest absolute Gasteiger partial charge is 0.394 e. The first-order chi connectivity index (χ1) is 10.8. The van der Waals surface area contributed by atoms with E-state index in [1.807, 2.05) is 0 Å². The van der Waals surface area contributed by atoms with Gasteiger partial charge in [0.25, 0.3) is 0 Å². The van der Waals surface area contributed by atoms with Crippen LogP contribution < -0.4 is 0 Å². The van der Waals surface area contributed by atoms with Gasteiger partial charge < -0.3 is 55.1 Å². The van der Waals surface area contributed by atoms with Gasteiger partial charge in [-0.25, -0.2) is 0 Å². The fraction of sp³-hybridized carbons (Fsp3) is 1.00. The second kappa shape index (κ2) is 9.15. The summed E-state index contributed by atoms with van der Waals surface area (Å²) >= 11 is 0. The third-order valence-electron chi connectivity index (χ3n) is 4.07. The zero-order chi connectivity index (χ0) is 17.4. The van der Waals surface area contributed by atoms with Crippen LogP contribution in [0.5, 0.6) is 0 Å². The summed E-state index contributed by atoms with van der Waals surface area (Å²) in [5.74, 6) is -2.22. The van der Waals surface area contributed by atoms with Crippen molar-refractivity contribution < 1.29 is 55.1 Å². The summed E-state index contributed by atoms with van der Waals surface area (Å²) in [5.41, 5.74) is 0. The molecule has 8 N–H and O–H groups in total. The van der Waals surface area contributed by atoms with Crippen LogP contribution in [0.4, 0.5) is 0 Å². The third kappa shape index (κ3) is 4.05. The Labute approximate surface area is 167 Å². The summed E-state index contributed by atoms with van der Waals surface area (Å²) < 4.78 is 15.4. The van der Waals surface area contributed by atoms with E-state index in [4.69, 9.17) is 24.4 Å². The topological polar surface area (TPSA) is 190 Å². The van der Waals surface area contributed by atoms with E-state index in [9.17, 15) is 30.6 Å². The van der Waals surface area contributed by atoms with Crippen molar-refractivity contribution in [2.45, 2.75) is 54.8 Å². The van der Waals surface area contributed by atoms with Gasteiger partial charge in [0, 0.05) is 37.7 Å². The summed E-state index contributed by atoms with van der Waals surface area (Å²) in [7, 11) is 0. The molecule has 0 amide bonds. The minimum absolute atomic E-state index is 0. The molecule has 0 saturated carbocycles. The summed E-state index contributed by atoms with van der Waals surface area (Å²) in [6, 6.07) is 0. The molecule has 0 aromatic carbocycles. The molecular formula is C12H22CaO11. The molecule has 2 fully saturated rings. The Hall–Kier alpha value is 0.820. The third-order valence-corrected chi connectivity index (χ3v) is 4.07. The van der Waals surface area contributed by atoms with E-state index in [2.05, 4.69) is 0 Å². The molecule has 2 rings (SSSR count). The minimum Gasteiger partial charge on any atom is -0.394 e. The average Bonchev–Trinajstić information content (AvgIpc) is 2.80. The van der Waals surface area contributed by atoms with E-state index in [1.165, 1.54) is 0 Å². The Balaban J connectivity index is 0.00000288. The first-order valence-corrected chi connectivity index (χ1v) is 7.05. The number of hydrogen-bond acceptors (Lipinski definition) is 11. The van der Waals surface area contributed by atoms with Crippen LogP contribution in [0.15, 0.2) is 0 Å². The van der Waals surface area contributed by atoms with Gasteiger partial charge in [0.1, 0.15) is 49.3 Å². The van der Waals surface area contributed by atoms with Crippen molar-refractivity contribution in [3.63, 3.8) is 0 Å². The maximum Gasteiger partial charge on any atom is 0.224 e. The summed E-state index contributed by atoms with van der Waals surface area (Å²) in [6.07, 6.45) is -12.7. The number of aliphatic hydroxyl groups excluding tert-OH is 8.